The normalized spacial score (nSPS) is 11.3. The number of thiophene rings is 1. The number of halogens is 1. The summed E-state index contributed by atoms with van der Waals surface area (Å²) in [6.45, 7) is 1.79. The third kappa shape index (κ3) is 3.67. The van der Waals surface area contributed by atoms with E-state index in [1.165, 1.54) is 23.5 Å². The van der Waals surface area contributed by atoms with Gasteiger partial charge in [0.1, 0.15) is 10.0 Å². The highest BCUT2D eigenvalue weighted by Gasteiger charge is 2.17. The number of benzene rings is 1. The molecule has 0 unspecified atom stereocenters. The maximum Gasteiger partial charge on any atom is 0.250 e. The number of sulfonamides is 1. The van der Waals surface area contributed by atoms with Gasteiger partial charge in [0.05, 0.1) is 11.6 Å². The Morgan fingerprint density at radius 2 is 2.10 bits per heavy atom. The molecule has 7 heteroatoms. The summed E-state index contributed by atoms with van der Waals surface area (Å²) in [4.78, 5) is 0.972. The summed E-state index contributed by atoms with van der Waals surface area (Å²) < 4.78 is 40.5. The Labute approximate surface area is 126 Å². The van der Waals surface area contributed by atoms with Crippen LogP contribution in [0.3, 0.4) is 0 Å². The summed E-state index contributed by atoms with van der Waals surface area (Å²) in [5.74, 6) is -0.600. The first-order valence-corrected chi connectivity index (χ1v) is 8.53. The maximum atomic E-state index is 13.7. The fraction of sp³-hybridized carbons (Fsp3) is 0.214. The van der Waals surface area contributed by atoms with Gasteiger partial charge >= 0.3 is 0 Å². The summed E-state index contributed by atoms with van der Waals surface area (Å²) in [5, 5.41) is 8.66. The highest BCUT2D eigenvalue weighted by atomic mass is 32.2. The van der Waals surface area contributed by atoms with E-state index in [0.29, 0.717) is 0 Å². The Kier molecular flexibility index (Phi) is 4.73. The van der Waals surface area contributed by atoms with Crippen molar-refractivity contribution >= 4 is 21.4 Å². The van der Waals surface area contributed by atoms with Gasteiger partial charge in [0.25, 0.3) is 0 Å². The van der Waals surface area contributed by atoms with E-state index in [0.717, 1.165) is 17.4 Å². The molecule has 0 aliphatic heterocycles. The van der Waals surface area contributed by atoms with Crippen molar-refractivity contribution < 1.29 is 12.8 Å². The van der Waals surface area contributed by atoms with Crippen LogP contribution in [0.4, 0.5) is 4.39 Å². The minimum atomic E-state index is -3.64. The standard InChI is InChI=1S/C14H13FN2O2S2/c1-2-12-5-6-14(20-12)21(18,19)17-9-11-4-3-10(8-16)7-13(11)15/h3-7,17H,2,9H2,1H3. The largest absolute Gasteiger partial charge is 0.250 e. The summed E-state index contributed by atoms with van der Waals surface area (Å²) in [7, 11) is -3.64. The highest BCUT2D eigenvalue weighted by Crippen LogP contribution is 2.22. The first kappa shape index (κ1) is 15.6. The van der Waals surface area contributed by atoms with E-state index >= 15 is 0 Å². The van der Waals surface area contributed by atoms with E-state index in [4.69, 9.17) is 5.26 Å². The Balaban J connectivity index is 2.13. The van der Waals surface area contributed by atoms with Crippen LogP contribution < -0.4 is 4.72 Å². The van der Waals surface area contributed by atoms with Crippen LogP contribution in [-0.2, 0) is 23.0 Å². The molecule has 0 amide bonds. The molecule has 110 valence electrons. The number of hydrogen-bond acceptors (Lipinski definition) is 4. The lowest BCUT2D eigenvalue weighted by molar-refractivity contribution is 0.576. The molecule has 0 saturated heterocycles. The van der Waals surface area contributed by atoms with Crippen LogP contribution in [0, 0.1) is 17.1 Å². The molecule has 0 aliphatic rings. The third-order valence-electron chi connectivity index (χ3n) is 2.89. The van der Waals surface area contributed by atoms with Gasteiger partial charge in [-0.25, -0.2) is 17.5 Å². The first-order valence-electron chi connectivity index (χ1n) is 6.23. The molecule has 1 aromatic heterocycles. The molecule has 0 spiro atoms. The van der Waals surface area contributed by atoms with Crippen molar-refractivity contribution in [3.8, 4) is 6.07 Å². The van der Waals surface area contributed by atoms with E-state index in [1.807, 2.05) is 13.0 Å². The molecule has 0 saturated carbocycles. The lowest BCUT2D eigenvalue weighted by atomic mass is 10.1. The number of nitriles is 1. The van der Waals surface area contributed by atoms with E-state index < -0.39 is 15.8 Å². The number of hydrogen-bond donors (Lipinski definition) is 1. The molecule has 0 atom stereocenters. The van der Waals surface area contributed by atoms with Crippen molar-refractivity contribution in [2.75, 3.05) is 0 Å². The molecule has 0 bridgehead atoms. The predicted octanol–water partition coefficient (Wildman–Crippen LogP) is 2.80. The van der Waals surface area contributed by atoms with Gasteiger partial charge in [-0.1, -0.05) is 13.0 Å². The van der Waals surface area contributed by atoms with Crippen molar-refractivity contribution in [1.82, 2.24) is 4.72 Å². The molecule has 2 rings (SSSR count). The molecule has 4 nitrogen and oxygen atoms in total. The zero-order valence-electron chi connectivity index (χ0n) is 11.3. The topological polar surface area (TPSA) is 70.0 Å². The minimum absolute atomic E-state index is 0.154. The van der Waals surface area contributed by atoms with E-state index in [1.54, 1.807) is 12.1 Å². The van der Waals surface area contributed by atoms with Gasteiger partial charge in [0.15, 0.2) is 0 Å². The number of rotatable bonds is 5. The second-order valence-electron chi connectivity index (χ2n) is 4.32. The van der Waals surface area contributed by atoms with Crippen LogP contribution in [0.5, 0.6) is 0 Å². The van der Waals surface area contributed by atoms with Crippen LogP contribution in [0.25, 0.3) is 0 Å². The summed E-state index contributed by atoms with van der Waals surface area (Å²) >= 11 is 1.20. The van der Waals surface area contributed by atoms with E-state index in [2.05, 4.69) is 4.72 Å². The molecule has 21 heavy (non-hydrogen) atoms. The van der Waals surface area contributed by atoms with Crippen LogP contribution in [-0.4, -0.2) is 8.42 Å². The number of nitrogens with one attached hydrogen (secondary N) is 1. The van der Waals surface area contributed by atoms with Crippen molar-refractivity contribution in [2.45, 2.75) is 24.1 Å². The summed E-state index contributed by atoms with van der Waals surface area (Å²) in [6, 6.07) is 9.08. The Morgan fingerprint density at radius 1 is 1.33 bits per heavy atom. The first-order chi connectivity index (χ1) is 9.96. The molecular formula is C14H13FN2O2S2. The zero-order chi connectivity index (χ0) is 15.5. The molecule has 1 aromatic carbocycles. The predicted molar refractivity (Wildman–Crippen MR) is 78.8 cm³/mol. The molecule has 0 radical (unpaired) electrons. The van der Waals surface area contributed by atoms with E-state index in [-0.39, 0.29) is 21.9 Å². The second-order valence-corrected chi connectivity index (χ2v) is 7.48. The average Bonchev–Trinajstić information content (AvgIpc) is 2.95. The quantitative estimate of drug-likeness (QED) is 0.919. The molecule has 0 aliphatic carbocycles. The van der Waals surface area contributed by atoms with Gasteiger partial charge in [-0.05, 0) is 30.7 Å². The second kappa shape index (κ2) is 6.35. The lowest BCUT2D eigenvalue weighted by Crippen LogP contribution is -2.22. The Bertz CT molecular complexity index is 792. The molecule has 1 heterocycles. The fourth-order valence-electron chi connectivity index (χ4n) is 1.70. The van der Waals surface area contributed by atoms with Gasteiger partial charge in [0.2, 0.25) is 10.0 Å². The SMILES string of the molecule is CCc1ccc(S(=O)(=O)NCc2ccc(C#N)cc2F)s1. The number of nitrogens with zero attached hydrogens (tertiary/aromatic N) is 1. The maximum absolute atomic E-state index is 13.7. The van der Waals surface area contributed by atoms with Crippen LogP contribution in [0.15, 0.2) is 34.5 Å². The number of aryl methyl sites for hydroxylation is 1. The Morgan fingerprint density at radius 3 is 2.67 bits per heavy atom. The van der Waals surface area contributed by atoms with Crippen molar-refractivity contribution in [3.63, 3.8) is 0 Å². The average molecular weight is 324 g/mol. The van der Waals surface area contributed by atoms with Crippen molar-refractivity contribution in [1.29, 1.82) is 5.26 Å². The van der Waals surface area contributed by atoms with Crippen LogP contribution in [0.2, 0.25) is 0 Å². The van der Waals surface area contributed by atoms with E-state index in [9.17, 15) is 12.8 Å². The summed E-state index contributed by atoms with van der Waals surface area (Å²) in [5.41, 5.74) is 0.398. The smallest absolute Gasteiger partial charge is 0.207 e. The molecule has 2 aromatic rings. The van der Waals surface area contributed by atoms with Gasteiger partial charge < -0.3 is 0 Å². The lowest BCUT2D eigenvalue weighted by Gasteiger charge is -2.06. The van der Waals surface area contributed by atoms with Crippen LogP contribution >= 0.6 is 11.3 Å². The van der Waals surface area contributed by atoms with Crippen molar-refractivity contribution in [2.24, 2.45) is 0 Å². The van der Waals surface area contributed by atoms with Gasteiger partial charge in [-0.3, -0.25) is 0 Å². The highest BCUT2D eigenvalue weighted by molar-refractivity contribution is 7.91. The van der Waals surface area contributed by atoms with Gasteiger partial charge in [0, 0.05) is 17.0 Å². The van der Waals surface area contributed by atoms with Gasteiger partial charge in [-0.15, -0.1) is 11.3 Å². The molecular weight excluding hydrogens is 311 g/mol. The minimum Gasteiger partial charge on any atom is -0.207 e. The fourth-order valence-corrected chi connectivity index (χ4v) is 4.04. The van der Waals surface area contributed by atoms with Crippen LogP contribution in [0.1, 0.15) is 22.9 Å². The third-order valence-corrected chi connectivity index (χ3v) is 6.01. The van der Waals surface area contributed by atoms with Crippen molar-refractivity contribution in [3.05, 3.63) is 52.2 Å². The summed E-state index contributed by atoms with van der Waals surface area (Å²) in [6.07, 6.45) is 0.768. The van der Waals surface area contributed by atoms with Gasteiger partial charge in [-0.2, -0.15) is 5.26 Å². The molecule has 0 fully saturated rings. The monoisotopic (exact) mass is 324 g/mol. The zero-order valence-corrected chi connectivity index (χ0v) is 12.9. The molecule has 1 N–H and O–H groups in total. The Hall–Kier alpha value is -1.75.